The van der Waals surface area contributed by atoms with E-state index in [1.54, 1.807) is 24.3 Å². The molecular formula is C25H27N4O8P. The second kappa shape index (κ2) is 9.03. The molecule has 7 rings (SSSR count). The second-order valence-corrected chi connectivity index (χ2v) is 12.4. The largest absolute Gasteiger partial charge is 0.493 e. The normalized spacial score (nSPS) is 23.2. The summed E-state index contributed by atoms with van der Waals surface area (Å²) in [6.45, 7) is 4.79. The van der Waals surface area contributed by atoms with Crippen LogP contribution in [0, 0.1) is 10.1 Å². The smallest absolute Gasteiger partial charge is 0.346 e. The van der Waals surface area contributed by atoms with Gasteiger partial charge in [0.15, 0.2) is 0 Å². The fraction of sp³-hybridized carbons (Fsp3) is 0.480. The predicted molar refractivity (Wildman–Crippen MR) is 134 cm³/mol. The Hall–Kier alpha value is -3.02. The molecule has 5 heterocycles. The van der Waals surface area contributed by atoms with Crippen molar-refractivity contribution in [1.29, 1.82) is 0 Å². The van der Waals surface area contributed by atoms with Gasteiger partial charge in [0, 0.05) is 55.8 Å². The van der Waals surface area contributed by atoms with Gasteiger partial charge in [0.1, 0.15) is 11.5 Å². The number of nitrogens with zero attached hydrogens (tertiary/aromatic N) is 4. The van der Waals surface area contributed by atoms with Gasteiger partial charge in [0.25, 0.3) is 5.91 Å². The van der Waals surface area contributed by atoms with Gasteiger partial charge in [-0.1, -0.05) is 6.07 Å². The summed E-state index contributed by atoms with van der Waals surface area (Å²) in [6.07, 6.45) is 0.473. The molecule has 13 heteroatoms. The van der Waals surface area contributed by atoms with E-state index in [1.165, 1.54) is 6.07 Å². The van der Waals surface area contributed by atoms with Crippen LogP contribution in [-0.2, 0) is 20.2 Å². The minimum Gasteiger partial charge on any atom is -0.493 e. The molecule has 0 N–H and O–H groups in total. The van der Waals surface area contributed by atoms with Gasteiger partial charge in [-0.2, -0.15) is 0 Å². The molecule has 3 fully saturated rings. The van der Waals surface area contributed by atoms with Crippen molar-refractivity contribution >= 4 is 19.3 Å². The third kappa shape index (κ3) is 4.07. The van der Waals surface area contributed by atoms with Crippen LogP contribution in [-0.4, -0.2) is 83.7 Å². The first-order valence-corrected chi connectivity index (χ1v) is 14.4. The summed E-state index contributed by atoms with van der Waals surface area (Å²) >= 11 is 0. The first-order chi connectivity index (χ1) is 18.4. The number of benzene rings is 2. The maximum atomic E-state index is 13.7. The number of amides is 1. The van der Waals surface area contributed by atoms with E-state index in [2.05, 4.69) is 0 Å². The Morgan fingerprint density at radius 2 is 1.82 bits per heavy atom. The number of carbonyl (C=O) groups is 1. The Kier molecular flexibility index (Phi) is 5.71. The fourth-order valence-corrected chi connectivity index (χ4v) is 7.62. The van der Waals surface area contributed by atoms with Crippen molar-refractivity contribution in [3.63, 3.8) is 0 Å². The van der Waals surface area contributed by atoms with Crippen molar-refractivity contribution in [3.05, 3.63) is 57.1 Å². The van der Waals surface area contributed by atoms with Crippen LogP contribution in [0.25, 0.3) is 0 Å². The molecule has 1 unspecified atom stereocenters. The van der Waals surface area contributed by atoms with E-state index in [0.717, 1.165) is 31.7 Å². The lowest BCUT2D eigenvalue weighted by molar-refractivity contribution is -0.385. The molecule has 12 nitrogen and oxygen atoms in total. The van der Waals surface area contributed by atoms with Gasteiger partial charge in [0.05, 0.1) is 43.0 Å². The number of carbonyl (C=O) groups excluding carboxylic acids is 1. The van der Waals surface area contributed by atoms with E-state index in [-0.39, 0.29) is 23.4 Å². The Bertz CT molecular complexity index is 1360. The van der Waals surface area contributed by atoms with Gasteiger partial charge in [0.2, 0.25) is 5.75 Å². The van der Waals surface area contributed by atoms with E-state index < -0.39 is 18.7 Å². The van der Waals surface area contributed by atoms with E-state index in [4.69, 9.17) is 18.7 Å². The molecule has 0 aliphatic carbocycles. The van der Waals surface area contributed by atoms with E-state index in [9.17, 15) is 19.5 Å². The molecule has 38 heavy (non-hydrogen) atoms. The fourth-order valence-electron chi connectivity index (χ4n) is 5.26. The highest BCUT2D eigenvalue weighted by atomic mass is 31.2. The summed E-state index contributed by atoms with van der Waals surface area (Å²) in [5, 5.41) is 12.0. The van der Waals surface area contributed by atoms with Crippen LogP contribution in [0.3, 0.4) is 0 Å². The average molecular weight is 542 g/mol. The third-order valence-electron chi connectivity index (χ3n) is 7.61. The molecular weight excluding hydrogens is 515 g/mol. The second-order valence-electron chi connectivity index (χ2n) is 10.1. The Balaban J connectivity index is 1.22. The van der Waals surface area contributed by atoms with Crippen molar-refractivity contribution < 1.29 is 33.0 Å². The van der Waals surface area contributed by atoms with E-state index in [1.807, 2.05) is 14.2 Å². The van der Waals surface area contributed by atoms with Crippen LogP contribution in [0.2, 0.25) is 0 Å². The molecule has 2 aromatic carbocycles. The number of ether oxygens (including phenoxy) is 3. The lowest BCUT2D eigenvalue weighted by atomic mass is 9.96. The van der Waals surface area contributed by atoms with E-state index in [0.29, 0.717) is 61.8 Å². The first kappa shape index (κ1) is 24.1. The third-order valence-corrected chi connectivity index (χ3v) is 10.4. The zero-order chi connectivity index (χ0) is 26.0. The minimum absolute atomic E-state index is 0.0248. The molecule has 1 atom stereocenters. The molecule has 0 bridgehead atoms. The van der Waals surface area contributed by atoms with E-state index >= 15 is 0 Å². The van der Waals surface area contributed by atoms with Gasteiger partial charge in [-0.3, -0.25) is 24.0 Å². The molecule has 5 aliphatic heterocycles. The summed E-state index contributed by atoms with van der Waals surface area (Å²) in [4.78, 5) is 26.5. The molecule has 0 aromatic heterocycles. The van der Waals surface area contributed by atoms with Crippen molar-refractivity contribution in [2.24, 2.45) is 0 Å². The monoisotopic (exact) mass is 542 g/mol. The van der Waals surface area contributed by atoms with Gasteiger partial charge in [-0.25, -0.2) is 9.34 Å². The highest BCUT2D eigenvalue weighted by Crippen LogP contribution is 2.64. The quantitative estimate of drug-likeness (QED) is 0.212. The van der Waals surface area contributed by atoms with Crippen LogP contribution < -0.4 is 9.47 Å². The van der Waals surface area contributed by atoms with Crippen LogP contribution in [0.5, 0.6) is 17.2 Å². The lowest BCUT2D eigenvalue weighted by Gasteiger charge is -2.40. The molecule has 0 radical (unpaired) electrons. The summed E-state index contributed by atoms with van der Waals surface area (Å²) in [6, 6.07) is 8.18. The molecule has 2 aromatic rings. The Morgan fingerprint density at radius 1 is 1.05 bits per heavy atom. The maximum absolute atomic E-state index is 13.7. The van der Waals surface area contributed by atoms with Crippen molar-refractivity contribution in [3.8, 4) is 17.2 Å². The number of rotatable bonds is 8. The molecule has 0 spiro atoms. The van der Waals surface area contributed by atoms with Gasteiger partial charge in [-0.05, 0) is 24.6 Å². The summed E-state index contributed by atoms with van der Waals surface area (Å²) < 4.78 is 40.8. The highest BCUT2D eigenvalue weighted by Gasteiger charge is 2.51. The number of nitro groups is 1. The van der Waals surface area contributed by atoms with Crippen molar-refractivity contribution in [1.82, 2.24) is 14.2 Å². The predicted octanol–water partition coefficient (Wildman–Crippen LogP) is 3.36. The number of fused-ring (bicyclic) bond motifs is 2. The standard InChI is InChI=1S/C25H27N4O8P/c30-25-18-2-1-3-21(17(18)4-6-28(25)16-14-34-15-16)36-24-12-19-22(5-11-35-23(19)13-20(24)29(31)32)37-38(33,26-7-8-26)27-9-10-27/h1-3,12-13,16,22H,4-11,14-15H2. The van der Waals surface area contributed by atoms with Crippen LogP contribution in [0.15, 0.2) is 30.3 Å². The Morgan fingerprint density at radius 3 is 2.47 bits per heavy atom. The SMILES string of the molecule is O=C1c2cccc(Oc3cc4c(cc3[N+](=O)[O-])OCCC4OP(=O)(N3CC3)N3CC3)c2CCN1C1COC1. The lowest BCUT2D eigenvalue weighted by Crippen LogP contribution is -2.54. The van der Waals surface area contributed by atoms with Crippen LogP contribution in [0.1, 0.15) is 34.0 Å². The Labute approximate surface area is 218 Å². The van der Waals surface area contributed by atoms with Gasteiger partial charge in [-0.15, -0.1) is 0 Å². The zero-order valence-corrected chi connectivity index (χ0v) is 21.5. The maximum Gasteiger partial charge on any atom is 0.346 e. The molecule has 3 saturated heterocycles. The zero-order valence-electron chi connectivity index (χ0n) is 20.6. The number of hydrogen-bond donors (Lipinski definition) is 0. The number of nitro benzene ring substituents is 1. The molecule has 200 valence electrons. The molecule has 1 amide bonds. The minimum atomic E-state index is -3.13. The summed E-state index contributed by atoms with van der Waals surface area (Å²) in [5.74, 6) is 0.660. The number of hydrogen-bond acceptors (Lipinski definition) is 8. The topological polar surface area (TPSA) is 123 Å². The average Bonchev–Trinajstić information content (AvgIpc) is 3.77. The molecule has 0 saturated carbocycles. The van der Waals surface area contributed by atoms with Gasteiger partial charge < -0.3 is 19.1 Å². The van der Waals surface area contributed by atoms with Crippen LogP contribution in [0.4, 0.5) is 5.69 Å². The highest BCUT2D eigenvalue weighted by molar-refractivity contribution is 7.54. The van der Waals surface area contributed by atoms with Crippen molar-refractivity contribution in [2.45, 2.75) is 25.0 Å². The summed E-state index contributed by atoms with van der Waals surface area (Å²) in [5.41, 5.74) is 1.57. The first-order valence-electron chi connectivity index (χ1n) is 12.9. The van der Waals surface area contributed by atoms with Gasteiger partial charge >= 0.3 is 13.4 Å². The van der Waals surface area contributed by atoms with Crippen LogP contribution >= 0.6 is 7.67 Å². The van der Waals surface area contributed by atoms with Crippen molar-refractivity contribution in [2.75, 3.05) is 52.5 Å². The molecule has 5 aliphatic rings. The summed E-state index contributed by atoms with van der Waals surface area (Å²) in [7, 11) is -3.13.